The molecule has 0 spiro atoms. The van der Waals surface area contributed by atoms with Crippen molar-refractivity contribution in [2.75, 3.05) is 31.3 Å². The van der Waals surface area contributed by atoms with Gasteiger partial charge in [-0.1, -0.05) is 11.8 Å². The number of piperazine rings is 1. The molecule has 2 aliphatic heterocycles. The smallest absolute Gasteiger partial charge is 0.344 e. The fourth-order valence-electron chi connectivity index (χ4n) is 4.27. The molecule has 4 rings (SSSR count). The molecule has 1 aromatic carbocycles. The molecule has 1 N–H and O–H groups in total. The Balaban J connectivity index is 1.98. The molecular weight excluding hydrogens is 419 g/mol. The van der Waals surface area contributed by atoms with E-state index in [1.54, 1.807) is 11.8 Å². The lowest BCUT2D eigenvalue weighted by Crippen LogP contribution is -2.54. The van der Waals surface area contributed by atoms with Gasteiger partial charge in [-0.3, -0.25) is 4.79 Å². The molecule has 0 radical (unpaired) electrons. The first kappa shape index (κ1) is 21.0. The highest BCUT2D eigenvalue weighted by Crippen LogP contribution is 2.48. The molecule has 3 atom stereocenters. The standard InChI is InChI=1S/C20H22F3N3O3S/c1-4-29-20(28)14-18(27)11-5-12(22)17(25-7-9(2)24-10(3)8-25)15(23)16(11)26-13(6-21)30-19(14)26/h5,9-10,13,24H,4,6-8H2,1-3H3/t9-,10+,13?. The van der Waals surface area contributed by atoms with Gasteiger partial charge < -0.3 is 19.5 Å². The van der Waals surface area contributed by atoms with E-state index in [4.69, 9.17) is 4.74 Å². The lowest BCUT2D eigenvalue weighted by Gasteiger charge is -2.39. The number of aromatic nitrogens is 1. The summed E-state index contributed by atoms with van der Waals surface area (Å²) < 4.78 is 50.5. The number of ether oxygens (including phenoxy) is 1. The van der Waals surface area contributed by atoms with Gasteiger partial charge in [-0.05, 0) is 26.8 Å². The molecule has 0 aliphatic carbocycles. The number of pyridine rings is 1. The summed E-state index contributed by atoms with van der Waals surface area (Å²) in [6, 6.07) is 0.963. The van der Waals surface area contributed by atoms with Gasteiger partial charge in [0.2, 0.25) is 5.43 Å². The number of rotatable bonds is 4. The number of alkyl halides is 1. The van der Waals surface area contributed by atoms with Crippen LogP contribution in [0.5, 0.6) is 0 Å². The maximum Gasteiger partial charge on any atom is 0.344 e. The van der Waals surface area contributed by atoms with Gasteiger partial charge in [-0.2, -0.15) is 0 Å². The molecule has 0 saturated carbocycles. The average Bonchev–Trinajstić information content (AvgIpc) is 2.64. The molecule has 162 valence electrons. The summed E-state index contributed by atoms with van der Waals surface area (Å²) in [6.45, 7) is 5.38. The van der Waals surface area contributed by atoms with Crippen LogP contribution in [0, 0.1) is 11.6 Å². The van der Waals surface area contributed by atoms with Crippen molar-refractivity contribution in [3.63, 3.8) is 0 Å². The van der Waals surface area contributed by atoms with Gasteiger partial charge in [0.25, 0.3) is 0 Å². The Kier molecular flexibility index (Phi) is 5.48. The topological polar surface area (TPSA) is 63.6 Å². The molecule has 0 amide bonds. The Hall–Kier alpha value is -2.20. The number of fused-ring (bicyclic) bond motifs is 3. The van der Waals surface area contributed by atoms with Crippen LogP contribution in [0.25, 0.3) is 10.9 Å². The zero-order chi connectivity index (χ0) is 21.7. The van der Waals surface area contributed by atoms with E-state index < -0.39 is 35.1 Å². The highest BCUT2D eigenvalue weighted by molar-refractivity contribution is 8.00. The average molecular weight is 441 g/mol. The Bertz CT molecular complexity index is 1080. The van der Waals surface area contributed by atoms with E-state index in [1.165, 1.54) is 4.57 Å². The molecule has 10 heteroatoms. The van der Waals surface area contributed by atoms with Gasteiger partial charge in [-0.15, -0.1) is 0 Å². The second-order valence-electron chi connectivity index (χ2n) is 7.62. The number of halogens is 3. The predicted octanol–water partition coefficient (Wildman–Crippen LogP) is 3.22. The van der Waals surface area contributed by atoms with E-state index in [0.717, 1.165) is 17.8 Å². The first-order valence-corrected chi connectivity index (χ1v) is 10.7. The summed E-state index contributed by atoms with van der Waals surface area (Å²) >= 11 is 0.967. The minimum absolute atomic E-state index is 0.00856. The second-order valence-corrected chi connectivity index (χ2v) is 8.78. The maximum absolute atomic E-state index is 15.7. The maximum atomic E-state index is 15.7. The molecule has 1 fully saturated rings. The molecule has 1 unspecified atom stereocenters. The molecule has 2 aliphatic rings. The van der Waals surface area contributed by atoms with Crippen LogP contribution in [0.4, 0.5) is 18.9 Å². The first-order valence-electron chi connectivity index (χ1n) is 9.79. The zero-order valence-corrected chi connectivity index (χ0v) is 17.6. The fourth-order valence-corrected chi connectivity index (χ4v) is 5.37. The van der Waals surface area contributed by atoms with Crippen LogP contribution in [-0.2, 0) is 4.74 Å². The van der Waals surface area contributed by atoms with Gasteiger partial charge >= 0.3 is 5.97 Å². The Morgan fingerprint density at radius 1 is 1.30 bits per heavy atom. The molecule has 2 aromatic rings. The van der Waals surface area contributed by atoms with E-state index in [9.17, 15) is 14.0 Å². The van der Waals surface area contributed by atoms with Crippen molar-refractivity contribution in [1.82, 2.24) is 9.88 Å². The fraction of sp³-hybridized carbons (Fsp3) is 0.500. The minimum Gasteiger partial charge on any atom is -0.462 e. The highest BCUT2D eigenvalue weighted by Gasteiger charge is 2.38. The Morgan fingerprint density at radius 2 is 1.97 bits per heavy atom. The number of nitrogens with zero attached hydrogens (tertiary/aromatic N) is 2. The van der Waals surface area contributed by atoms with Crippen molar-refractivity contribution < 1.29 is 22.7 Å². The van der Waals surface area contributed by atoms with Crippen LogP contribution in [-0.4, -0.2) is 49.0 Å². The van der Waals surface area contributed by atoms with Crippen molar-refractivity contribution in [2.24, 2.45) is 0 Å². The van der Waals surface area contributed by atoms with Crippen molar-refractivity contribution in [1.29, 1.82) is 0 Å². The largest absolute Gasteiger partial charge is 0.462 e. The van der Waals surface area contributed by atoms with Crippen molar-refractivity contribution >= 4 is 34.3 Å². The monoisotopic (exact) mass is 441 g/mol. The summed E-state index contributed by atoms with van der Waals surface area (Å²) in [7, 11) is 0. The van der Waals surface area contributed by atoms with Crippen LogP contribution >= 0.6 is 11.8 Å². The van der Waals surface area contributed by atoms with Crippen LogP contribution in [0.3, 0.4) is 0 Å². The molecule has 0 bridgehead atoms. The van der Waals surface area contributed by atoms with Gasteiger partial charge in [0.15, 0.2) is 5.82 Å². The number of nitrogens with one attached hydrogen (secondary N) is 1. The summed E-state index contributed by atoms with van der Waals surface area (Å²) in [5.74, 6) is -2.69. The number of hydrogen-bond acceptors (Lipinski definition) is 6. The van der Waals surface area contributed by atoms with Gasteiger partial charge in [0, 0.05) is 25.2 Å². The Labute approximate surface area is 175 Å². The Morgan fingerprint density at radius 3 is 2.57 bits per heavy atom. The molecule has 1 saturated heterocycles. The van der Waals surface area contributed by atoms with E-state index in [1.807, 2.05) is 13.8 Å². The van der Waals surface area contributed by atoms with E-state index >= 15 is 8.78 Å². The van der Waals surface area contributed by atoms with Gasteiger partial charge in [0.05, 0.1) is 22.5 Å². The highest BCUT2D eigenvalue weighted by atomic mass is 32.2. The number of esters is 1. The number of thioether (sulfide) groups is 1. The molecule has 6 nitrogen and oxygen atoms in total. The van der Waals surface area contributed by atoms with Crippen molar-refractivity contribution in [3.8, 4) is 0 Å². The quantitative estimate of drug-likeness (QED) is 0.736. The first-order chi connectivity index (χ1) is 14.3. The number of hydrogen-bond donors (Lipinski definition) is 1. The van der Waals surface area contributed by atoms with E-state index in [-0.39, 0.29) is 45.9 Å². The summed E-state index contributed by atoms with van der Waals surface area (Å²) in [5, 5.41) is 2.35. The number of carbonyl (C=O) groups is 1. The molecule has 30 heavy (non-hydrogen) atoms. The third-order valence-corrected chi connectivity index (χ3v) is 6.57. The SMILES string of the molecule is CCOC(=O)c1c2n(c3c(F)c(N4C[C@@H](C)N[C@@H](C)C4)c(F)cc3c1=O)C(CF)S2. The number of benzene rings is 1. The molecule has 1 aromatic heterocycles. The zero-order valence-electron chi connectivity index (χ0n) is 16.8. The van der Waals surface area contributed by atoms with Crippen LogP contribution < -0.4 is 15.6 Å². The van der Waals surface area contributed by atoms with Crippen LogP contribution in [0.1, 0.15) is 36.5 Å². The van der Waals surface area contributed by atoms with Gasteiger partial charge in [-0.25, -0.2) is 18.0 Å². The number of anilines is 1. The predicted molar refractivity (Wildman–Crippen MR) is 109 cm³/mol. The van der Waals surface area contributed by atoms with Gasteiger partial charge in [0.1, 0.15) is 29.1 Å². The molecular formula is C20H22F3N3O3S. The summed E-state index contributed by atoms with van der Waals surface area (Å²) in [4.78, 5) is 26.9. The van der Waals surface area contributed by atoms with Crippen molar-refractivity contribution in [3.05, 3.63) is 33.5 Å². The summed E-state index contributed by atoms with van der Waals surface area (Å²) in [5.41, 5.74) is -1.55. The van der Waals surface area contributed by atoms with E-state index in [2.05, 4.69) is 5.32 Å². The third-order valence-electron chi connectivity index (χ3n) is 5.33. The van der Waals surface area contributed by atoms with Crippen LogP contribution in [0.15, 0.2) is 15.9 Å². The van der Waals surface area contributed by atoms with Crippen molar-refractivity contribution in [2.45, 2.75) is 43.3 Å². The normalized spacial score (nSPS) is 23.3. The second kappa shape index (κ2) is 7.81. The number of carbonyl (C=O) groups excluding carboxylic acids is 1. The van der Waals surface area contributed by atoms with E-state index in [0.29, 0.717) is 13.1 Å². The lowest BCUT2D eigenvalue weighted by molar-refractivity contribution is 0.0518. The summed E-state index contributed by atoms with van der Waals surface area (Å²) in [6.07, 6.45) is 0. The third kappa shape index (κ3) is 3.17. The minimum atomic E-state index is -0.918. The lowest BCUT2D eigenvalue weighted by atomic mass is 10.1. The molecule has 3 heterocycles. The van der Waals surface area contributed by atoms with Crippen LogP contribution in [0.2, 0.25) is 0 Å².